The van der Waals surface area contributed by atoms with E-state index in [1.165, 1.54) is 0 Å². The van der Waals surface area contributed by atoms with Crippen LogP contribution in [0.3, 0.4) is 0 Å². The molecule has 1 aliphatic carbocycles. The van der Waals surface area contributed by atoms with E-state index in [0.717, 1.165) is 26.7 Å². The molecular weight excluding hydrogens is 280 g/mol. The van der Waals surface area contributed by atoms with E-state index in [2.05, 4.69) is 21.1 Å². The Bertz CT molecular complexity index is 650. The number of nitrogen functional groups attached to an aromatic ring is 1. The molecule has 2 aromatic rings. The van der Waals surface area contributed by atoms with Crippen molar-refractivity contribution < 1.29 is 5.21 Å². The maximum Gasteiger partial charge on any atom is 0.118 e. The van der Waals surface area contributed by atoms with Crippen LogP contribution in [0.15, 0.2) is 46.0 Å². The lowest BCUT2D eigenvalue weighted by Crippen LogP contribution is -1.99. The van der Waals surface area contributed by atoms with Crippen molar-refractivity contribution in [3.05, 3.63) is 52.0 Å². The van der Waals surface area contributed by atoms with Gasteiger partial charge in [0.1, 0.15) is 5.71 Å². The summed E-state index contributed by atoms with van der Waals surface area (Å²) in [5.74, 6) is 0. The van der Waals surface area contributed by atoms with Gasteiger partial charge in [0.05, 0.1) is 0 Å². The molecule has 0 fully saturated rings. The Morgan fingerprint density at radius 2 is 1.71 bits per heavy atom. The van der Waals surface area contributed by atoms with Crippen LogP contribution in [0.5, 0.6) is 0 Å². The summed E-state index contributed by atoms with van der Waals surface area (Å²) >= 11 is 3.42. The highest BCUT2D eigenvalue weighted by Gasteiger charge is 2.25. The Kier molecular flexibility index (Phi) is 2.19. The minimum Gasteiger partial charge on any atom is -0.410 e. The van der Waals surface area contributed by atoms with Gasteiger partial charge in [-0.05, 0) is 39.2 Å². The van der Waals surface area contributed by atoms with Gasteiger partial charge in [-0.2, -0.15) is 0 Å². The molecule has 0 spiro atoms. The first-order valence-corrected chi connectivity index (χ1v) is 5.93. The average Bonchev–Trinajstić information content (AvgIpc) is 2.63. The number of hydrogen-bond donors (Lipinski definition) is 2. The number of rotatable bonds is 0. The van der Waals surface area contributed by atoms with Gasteiger partial charge in [-0.25, -0.2) is 0 Å². The first-order valence-electron chi connectivity index (χ1n) is 5.13. The number of benzene rings is 2. The lowest BCUT2D eigenvalue weighted by atomic mass is 10.1. The highest BCUT2D eigenvalue weighted by atomic mass is 79.9. The Hall–Kier alpha value is -1.81. The minimum absolute atomic E-state index is 0.579. The van der Waals surface area contributed by atoms with Gasteiger partial charge in [0, 0.05) is 21.3 Å². The number of hydrogen-bond acceptors (Lipinski definition) is 3. The van der Waals surface area contributed by atoms with E-state index in [9.17, 15) is 0 Å². The molecule has 4 heteroatoms. The third kappa shape index (κ3) is 1.37. The molecule has 0 amide bonds. The predicted molar refractivity (Wildman–Crippen MR) is 71.4 cm³/mol. The fraction of sp³-hybridized carbons (Fsp3) is 0. The van der Waals surface area contributed by atoms with Gasteiger partial charge >= 0.3 is 0 Å². The molecular formula is C13H9BrN2O. The van der Waals surface area contributed by atoms with Gasteiger partial charge in [-0.1, -0.05) is 29.4 Å². The van der Waals surface area contributed by atoms with E-state index >= 15 is 0 Å². The lowest BCUT2D eigenvalue weighted by molar-refractivity contribution is 0.320. The van der Waals surface area contributed by atoms with Crippen molar-refractivity contribution in [3.8, 4) is 11.1 Å². The number of fused-ring (bicyclic) bond motifs is 3. The summed E-state index contributed by atoms with van der Waals surface area (Å²) in [6.07, 6.45) is 0. The summed E-state index contributed by atoms with van der Waals surface area (Å²) in [6, 6.07) is 11.6. The van der Waals surface area contributed by atoms with Crippen molar-refractivity contribution in [2.24, 2.45) is 5.16 Å². The Morgan fingerprint density at radius 1 is 1.00 bits per heavy atom. The molecule has 84 valence electrons. The molecule has 17 heavy (non-hydrogen) atoms. The van der Waals surface area contributed by atoms with Gasteiger partial charge in [-0.3, -0.25) is 0 Å². The van der Waals surface area contributed by atoms with E-state index < -0.39 is 0 Å². The fourth-order valence-electron chi connectivity index (χ4n) is 2.19. The van der Waals surface area contributed by atoms with Gasteiger partial charge in [-0.15, -0.1) is 0 Å². The van der Waals surface area contributed by atoms with Crippen molar-refractivity contribution in [1.82, 2.24) is 0 Å². The number of nitrogens with two attached hydrogens (primary N) is 1. The third-order valence-corrected chi connectivity index (χ3v) is 3.65. The predicted octanol–water partition coefficient (Wildman–Crippen LogP) is 3.24. The van der Waals surface area contributed by atoms with Crippen molar-refractivity contribution in [1.29, 1.82) is 0 Å². The monoisotopic (exact) mass is 288 g/mol. The molecule has 0 heterocycles. The van der Waals surface area contributed by atoms with Crippen LogP contribution in [-0.4, -0.2) is 10.9 Å². The molecule has 0 unspecified atom stereocenters. The fourth-order valence-corrected chi connectivity index (χ4v) is 2.53. The Morgan fingerprint density at radius 3 is 2.41 bits per heavy atom. The van der Waals surface area contributed by atoms with Crippen molar-refractivity contribution >= 4 is 27.3 Å². The van der Waals surface area contributed by atoms with Gasteiger partial charge < -0.3 is 10.9 Å². The summed E-state index contributed by atoms with van der Waals surface area (Å²) in [5.41, 5.74) is 11.0. The molecule has 0 saturated carbocycles. The second-order valence-electron chi connectivity index (χ2n) is 3.91. The molecule has 0 aliphatic heterocycles. The summed E-state index contributed by atoms with van der Waals surface area (Å²) in [4.78, 5) is 0. The number of oxime groups is 1. The van der Waals surface area contributed by atoms with Crippen molar-refractivity contribution in [2.45, 2.75) is 0 Å². The van der Waals surface area contributed by atoms with Crippen LogP contribution in [0, 0.1) is 0 Å². The van der Waals surface area contributed by atoms with E-state index in [0.29, 0.717) is 11.4 Å². The summed E-state index contributed by atoms with van der Waals surface area (Å²) in [5, 5.41) is 12.5. The molecule has 0 aromatic heterocycles. The van der Waals surface area contributed by atoms with Crippen LogP contribution in [-0.2, 0) is 0 Å². The van der Waals surface area contributed by atoms with Crippen LogP contribution >= 0.6 is 15.9 Å². The van der Waals surface area contributed by atoms with Crippen LogP contribution in [0.2, 0.25) is 0 Å². The molecule has 3 nitrogen and oxygen atoms in total. The largest absolute Gasteiger partial charge is 0.410 e. The molecule has 0 atom stereocenters. The number of anilines is 1. The van der Waals surface area contributed by atoms with Crippen LogP contribution in [0.4, 0.5) is 5.69 Å². The quantitative estimate of drug-likeness (QED) is 0.379. The maximum absolute atomic E-state index is 9.16. The second kappa shape index (κ2) is 3.60. The maximum atomic E-state index is 9.16. The molecule has 2 aromatic carbocycles. The first-order chi connectivity index (χ1) is 8.22. The topological polar surface area (TPSA) is 58.6 Å². The number of halogens is 1. The zero-order valence-corrected chi connectivity index (χ0v) is 10.4. The molecule has 3 rings (SSSR count). The third-order valence-electron chi connectivity index (χ3n) is 2.96. The lowest BCUT2D eigenvalue weighted by Gasteiger charge is -2.04. The Labute approximate surface area is 107 Å². The molecule has 3 N–H and O–H groups in total. The molecule has 0 radical (unpaired) electrons. The van der Waals surface area contributed by atoms with E-state index in [4.69, 9.17) is 10.9 Å². The zero-order valence-electron chi connectivity index (χ0n) is 8.81. The normalized spacial score (nSPS) is 14.8. The standard InChI is InChI=1S/C13H9BrN2O/c14-11-5-9-7-3-1-2-4-8(7)13(16-17)10(9)6-12(11)15/h1-6,17H,15H2/b16-13+. The van der Waals surface area contributed by atoms with E-state index in [1.54, 1.807) is 0 Å². The van der Waals surface area contributed by atoms with Crippen LogP contribution in [0.25, 0.3) is 11.1 Å². The first kappa shape index (κ1) is 10.4. The summed E-state index contributed by atoms with van der Waals surface area (Å²) < 4.78 is 0.852. The van der Waals surface area contributed by atoms with Crippen LogP contribution in [0.1, 0.15) is 11.1 Å². The molecule has 0 saturated heterocycles. The highest BCUT2D eigenvalue weighted by molar-refractivity contribution is 9.10. The van der Waals surface area contributed by atoms with Crippen molar-refractivity contribution in [3.63, 3.8) is 0 Å². The number of nitrogens with zero attached hydrogens (tertiary/aromatic N) is 1. The van der Waals surface area contributed by atoms with Crippen molar-refractivity contribution in [2.75, 3.05) is 5.73 Å². The second-order valence-corrected chi connectivity index (χ2v) is 4.77. The summed E-state index contributed by atoms with van der Waals surface area (Å²) in [7, 11) is 0. The average molecular weight is 289 g/mol. The molecule has 0 bridgehead atoms. The smallest absolute Gasteiger partial charge is 0.118 e. The van der Waals surface area contributed by atoms with Gasteiger partial charge in [0.2, 0.25) is 0 Å². The van der Waals surface area contributed by atoms with E-state index in [1.807, 2.05) is 36.4 Å². The van der Waals surface area contributed by atoms with Gasteiger partial charge in [0.15, 0.2) is 0 Å². The zero-order chi connectivity index (χ0) is 12.0. The minimum atomic E-state index is 0.579. The molecule has 1 aliphatic rings. The van der Waals surface area contributed by atoms with E-state index in [-0.39, 0.29) is 0 Å². The SMILES string of the molecule is Nc1cc2c(cc1Br)-c1ccccc1/C2=N\O. The van der Waals surface area contributed by atoms with Crippen LogP contribution < -0.4 is 5.73 Å². The summed E-state index contributed by atoms with van der Waals surface area (Å²) in [6.45, 7) is 0. The Balaban J connectivity index is 2.40. The van der Waals surface area contributed by atoms with Gasteiger partial charge in [0.25, 0.3) is 0 Å². The highest BCUT2D eigenvalue weighted by Crippen LogP contribution is 2.40.